The van der Waals surface area contributed by atoms with Crippen LogP contribution in [0, 0.1) is 0 Å². The number of carbonyl (C=O) groups excluding carboxylic acids is 1. The van der Waals surface area contributed by atoms with E-state index in [1.807, 2.05) is 36.4 Å². The summed E-state index contributed by atoms with van der Waals surface area (Å²) in [6.07, 6.45) is 6.04. The van der Waals surface area contributed by atoms with Crippen LogP contribution in [-0.4, -0.2) is 59.2 Å². The van der Waals surface area contributed by atoms with E-state index in [1.165, 1.54) is 18.2 Å². The lowest BCUT2D eigenvalue weighted by molar-refractivity contribution is -0.140. The van der Waals surface area contributed by atoms with Crippen molar-refractivity contribution in [1.82, 2.24) is 5.32 Å². The maximum atomic E-state index is 11.4. The third-order valence-corrected chi connectivity index (χ3v) is 7.74. The van der Waals surface area contributed by atoms with E-state index >= 15 is 0 Å². The second kappa shape index (κ2) is 17.4. The van der Waals surface area contributed by atoms with Crippen LogP contribution in [0.4, 0.5) is 0 Å². The smallest absolute Gasteiger partial charge is 0.305 e. The molecule has 1 fully saturated rings. The minimum Gasteiger partial charge on any atom is -0.496 e. The number of methoxy groups -OCH3 is 2. The van der Waals surface area contributed by atoms with Gasteiger partial charge >= 0.3 is 5.97 Å². The number of aryl methyl sites for hydroxylation is 2. The van der Waals surface area contributed by atoms with E-state index in [2.05, 4.69) is 41.7 Å². The Kier molecular flexibility index (Phi) is 13.0. The molecule has 0 spiro atoms. The van der Waals surface area contributed by atoms with Crippen LogP contribution in [0.5, 0.6) is 17.2 Å². The van der Waals surface area contributed by atoms with Crippen molar-refractivity contribution in [2.75, 3.05) is 47.1 Å². The first kappa shape index (κ1) is 31.4. The largest absolute Gasteiger partial charge is 0.496 e. The van der Waals surface area contributed by atoms with Crippen molar-refractivity contribution < 1.29 is 28.5 Å². The maximum Gasteiger partial charge on any atom is 0.305 e. The van der Waals surface area contributed by atoms with E-state index in [-0.39, 0.29) is 12.1 Å². The van der Waals surface area contributed by atoms with Gasteiger partial charge in [-0.25, -0.2) is 0 Å². The van der Waals surface area contributed by atoms with Crippen LogP contribution in [0.25, 0.3) is 0 Å². The summed E-state index contributed by atoms with van der Waals surface area (Å²) in [5.74, 6) is 2.85. The summed E-state index contributed by atoms with van der Waals surface area (Å²) >= 11 is 0. The molecule has 2 unspecified atom stereocenters. The molecule has 7 nitrogen and oxygen atoms in total. The summed E-state index contributed by atoms with van der Waals surface area (Å²) in [5, 5.41) is 3.47. The van der Waals surface area contributed by atoms with E-state index in [0.29, 0.717) is 32.2 Å². The highest BCUT2D eigenvalue weighted by molar-refractivity contribution is 5.69. The van der Waals surface area contributed by atoms with Gasteiger partial charge in [0.2, 0.25) is 0 Å². The first-order chi connectivity index (χ1) is 20.7. The topological polar surface area (TPSA) is 75.3 Å². The lowest BCUT2D eigenvalue weighted by Gasteiger charge is -2.32. The standard InChI is InChI=1S/C35H45NO6/c1-38-32-14-5-3-10-28(32)12-7-8-23-40-30-19-17-27(18-20-30)31-21-22-36-26-34(31)42-25-24-41-33-15-6-4-11-29(33)13-9-16-35(37)39-2/h3-6,10-11,14-15,17-20,31,34,36H,7-9,12-13,16,21-26H2,1-2H3. The van der Waals surface area contributed by atoms with Crippen LogP contribution in [0.2, 0.25) is 0 Å². The molecule has 0 bridgehead atoms. The first-order valence-corrected chi connectivity index (χ1v) is 15.1. The molecule has 4 rings (SSSR count). The Morgan fingerprint density at radius 1 is 0.786 bits per heavy atom. The van der Waals surface area contributed by atoms with E-state index in [1.54, 1.807) is 7.11 Å². The Morgan fingerprint density at radius 2 is 1.50 bits per heavy atom. The van der Waals surface area contributed by atoms with Crippen LogP contribution in [-0.2, 0) is 27.1 Å². The number of rotatable bonds is 17. The molecule has 42 heavy (non-hydrogen) atoms. The monoisotopic (exact) mass is 575 g/mol. The van der Waals surface area contributed by atoms with E-state index in [0.717, 1.165) is 74.4 Å². The summed E-state index contributed by atoms with van der Waals surface area (Å²) in [7, 11) is 3.14. The summed E-state index contributed by atoms with van der Waals surface area (Å²) in [6.45, 7) is 3.47. The summed E-state index contributed by atoms with van der Waals surface area (Å²) in [5.41, 5.74) is 3.62. The van der Waals surface area contributed by atoms with E-state index < -0.39 is 0 Å². The number of esters is 1. The van der Waals surface area contributed by atoms with Crippen molar-refractivity contribution in [3.8, 4) is 17.2 Å². The lowest BCUT2D eigenvalue weighted by atomic mass is 9.88. The minimum atomic E-state index is -0.184. The third-order valence-electron chi connectivity index (χ3n) is 7.74. The highest BCUT2D eigenvalue weighted by Crippen LogP contribution is 2.29. The SMILES string of the molecule is COC(=O)CCCc1ccccc1OCCOC1CNCCC1c1ccc(OCCCCc2ccccc2OC)cc1. The number of nitrogens with one attached hydrogen (secondary N) is 1. The van der Waals surface area contributed by atoms with Crippen molar-refractivity contribution in [2.24, 2.45) is 0 Å². The molecule has 2 atom stereocenters. The highest BCUT2D eigenvalue weighted by Gasteiger charge is 2.27. The van der Waals surface area contributed by atoms with E-state index in [9.17, 15) is 4.79 Å². The maximum absolute atomic E-state index is 11.4. The third kappa shape index (κ3) is 9.78. The predicted molar refractivity (Wildman–Crippen MR) is 165 cm³/mol. The number of carbonyl (C=O) groups is 1. The van der Waals surface area contributed by atoms with Gasteiger partial charge in [-0.2, -0.15) is 0 Å². The fraction of sp³-hybridized carbons (Fsp3) is 0.457. The van der Waals surface area contributed by atoms with Gasteiger partial charge < -0.3 is 29.0 Å². The van der Waals surface area contributed by atoms with Crippen LogP contribution >= 0.6 is 0 Å². The summed E-state index contributed by atoms with van der Waals surface area (Å²) < 4.78 is 28.6. The van der Waals surface area contributed by atoms with Gasteiger partial charge in [-0.3, -0.25) is 4.79 Å². The Morgan fingerprint density at radius 3 is 2.26 bits per heavy atom. The van der Waals surface area contributed by atoms with Crippen molar-refractivity contribution in [3.05, 3.63) is 89.5 Å². The zero-order valence-corrected chi connectivity index (χ0v) is 25.0. The zero-order valence-electron chi connectivity index (χ0n) is 25.0. The molecule has 1 aliphatic rings. The zero-order chi connectivity index (χ0) is 29.4. The van der Waals surface area contributed by atoms with Crippen LogP contribution in [0.3, 0.4) is 0 Å². The Hall–Kier alpha value is -3.55. The van der Waals surface area contributed by atoms with Gasteiger partial charge in [0, 0.05) is 18.9 Å². The molecule has 1 N–H and O–H groups in total. The number of benzene rings is 3. The Balaban J connectivity index is 1.19. The molecule has 0 radical (unpaired) electrons. The molecule has 226 valence electrons. The molecule has 1 aliphatic heterocycles. The molecule has 0 amide bonds. The molecule has 3 aromatic rings. The van der Waals surface area contributed by atoms with Crippen molar-refractivity contribution in [2.45, 2.75) is 57.0 Å². The number of hydrogen-bond acceptors (Lipinski definition) is 7. The molecule has 7 heteroatoms. The van der Waals surface area contributed by atoms with Gasteiger partial charge in [0.05, 0.1) is 33.5 Å². The highest BCUT2D eigenvalue weighted by atomic mass is 16.5. The summed E-state index contributed by atoms with van der Waals surface area (Å²) in [4.78, 5) is 11.4. The quantitative estimate of drug-likeness (QED) is 0.153. The van der Waals surface area contributed by atoms with Gasteiger partial charge in [0.1, 0.15) is 23.9 Å². The Labute approximate surface area is 250 Å². The molecule has 0 aromatic heterocycles. The van der Waals surface area contributed by atoms with Gasteiger partial charge in [-0.1, -0.05) is 48.5 Å². The molecule has 1 heterocycles. The number of piperidine rings is 1. The second-order valence-electron chi connectivity index (χ2n) is 10.6. The van der Waals surface area contributed by atoms with Crippen molar-refractivity contribution >= 4 is 5.97 Å². The van der Waals surface area contributed by atoms with Gasteiger partial charge in [-0.15, -0.1) is 0 Å². The molecule has 1 saturated heterocycles. The number of para-hydroxylation sites is 2. The van der Waals surface area contributed by atoms with Gasteiger partial charge in [0.15, 0.2) is 0 Å². The fourth-order valence-corrected chi connectivity index (χ4v) is 5.44. The van der Waals surface area contributed by atoms with Gasteiger partial charge in [0.25, 0.3) is 0 Å². The molecule has 0 saturated carbocycles. The number of hydrogen-bond donors (Lipinski definition) is 1. The minimum absolute atomic E-state index is 0.0828. The Bertz CT molecular complexity index is 1210. The number of unbranched alkanes of at least 4 members (excludes halogenated alkanes) is 1. The van der Waals surface area contributed by atoms with E-state index in [4.69, 9.17) is 23.7 Å². The van der Waals surface area contributed by atoms with Crippen LogP contribution < -0.4 is 19.5 Å². The van der Waals surface area contributed by atoms with Crippen LogP contribution in [0.1, 0.15) is 54.7 Å². The molecular weight excluding hydrogens is 530 g/mol. The van der Waals surface area contributed by atoms with Crippen molar-refractivity contribution in [1.29, 1.82) is 0 Å². The average Bonchev–Trinajstić information content (AvgIpc) is 3.04. The van der Waals surface area contributed by atoms with Gasteiger partial charge in [-0.05, 0) is 86.0 Å². The first-order valence-electron chi connectivity index (χ1n) is 15.1. The number of ether oxygens (including phenoxy) is 5. The molecule has 3 aromatic carbocycles. The summed E-state index contributed by atoms with van der Waals surface area (Å²) in [6, 6.07) is 24.7. The molecule has 0 aliphatic carbocycles. The van der Waals surface area contributed by atoms with Crippen LogP contribution in [0.15, 0.2) is 72.8 Å². The normalized spacial score (nSPS) is 16.5. The lowest BCUT2D eigenvalue weighted by Crippen LogP contribution is -2.41. The predicted octanol–water partition coefficient (Wildman–Crippen LogP) is 6.13. The average molecular weight is 576 g/mol. The second-order valence-corrected chi connectivity index (χ2v) is 10.6. The van der Waals surface area contributed by atoms with Crippen molar-refractivity contribution in [3.63, 3.8) is 0 Å². The molecular formula is C35H45NO6. The fourth-order valence-electron chi connectivity index (χ4n) is 5.44.